The summed E-state index contributed by atoms with van der Waals surface area (Å²) in [6.45, 7) is 3.51. The highest BCUT2D eigenvalue weighted by Crippen LogP contribution is 2.22. The van der Waals surface area contributed by atoms with Crippen LogP contribution in [0, 0.1) is 5.92 Å². The van der Waals surface area contributed by atoms with Gasteiger partial charge >= 0.3 is 5.97 Å². The number of nitrogen functional groups attached to an aromatic ring is 1. The standard InChI is InChI=1S/C12H17N3O3/c1-7(8-4-5-18-6-8)14-11-9(13)2-3-10(15-11)12(16)17/h2-3,7-8H,4-6,13H2,1H3,(H,14,15)(H,16,17). The molecule has 2 unspecified atom stereocenters. The zero-order valence-electron chi connectivity index (χ0n) is 10.2. The van der Waals surface area contributed by atoms with Gasteiger partial charge in [0.05, 0.1) is 12.3 Å². The third-order valence-electron chi connectivity index (χ3n) is 3.18. The predicted octanol–water partition coefficient (Wildman–Crippen LogP) is 1.20. The lowest BCUT2D eigenvalue weighted by Crippen LogP contribution is -2.27. The SMILES string of the molecule is CC(Nc1nc(C(=O)O)ccc1N)C1CCOC1. The summed E-state index contributed by atoms with van der Waals surface area (Å²) in [6, 6.07) is 3.09. The van der Waals surface area contributed by atoms with Crippen LogP contribution in [0.1, 0.15) is 23.8 Å². The van der Waals surface area contributed by atoms with Crippen molar-refractivity contribution < 1.29 is 14.6 Å². The van der Waals surface area contributed by atoms with Gasteiger partial charge in [-0.3, -0.25) is 0 Å². The van der Waals surface area contributed by atoms with Gasteiger partial charge in [-0.15, -0.1) is 0 Å². The van der Waals surface area contributed by atoms with Gasteiger partial charge in [-0.1, -0.05) is 0 Å². The molecule has 2 rings (SSSR count). The quantitative estimate of drug-likeness (QED) is 0.744. The number of nitrogens with zero attached hydrogens (tertiary/aromatic N) is 1. The van der Waals surface area contributed by atoms with Crippen LogP contribution in [0.2, 0.25) is 0 Å². The molecule has 18 heavy (non-hydrogen) atoms. The number of carbonyl (C=O) groups is 1. The summed E-state index contributed by atoms with van der Waals surface area (Å²) >= 11 is 0. The zero-order chi connectivity index (χ0) is 13.1. The average Bonchev–Trinajstić information content (AvgIpc) is 2.85. The second kappa shape index (κ2) is 5.22. The van der Waals surface area contributed by atoms with Crippen LogP contribution in [-0.4, -0.2) is 35.3 Å². The van der Waals surface area contributed by atoms with Crippen molar-refractivity contribution in [1.29, 1.82) is 0 Å². The summed E-state index contributed by atoms with van der Waals surface area (Å²) in [5.41, 5.74) is 6.22. The fourth-order valence-corrected chi connectivity index (χ4v) is 1.99. The van der Waals surface area contributed by atoms with Crippen molar-refractivity contribution in [1.82, 2.24) is 4.98 Å². The molecule has 98 valence electrons. The molecule has 0 spiro atoms. The van der Waals surface area contributed by atoms with Crippen molar-refractivity contribution in [3.63, 3.8) is 0 Å². The summed E-state index contributed by atoms with van der Waals surface area (Å²) in [5.74, 6) is -0.233. The van der Waals surface area contributed by atoms with E-state index < -0.39 is 5.97 Å². The molecular weight excluding hydrogens is 234 g/mol. The minimum absolute atomic E-state index is 0.0124. The number of nitrogens with two attached hydrogens (primary N) is 1. The number of ether oxygens (including phenoxy) is 1. The van der Waals surface area contributed by atoms with Crippen molar-refractivity contribution in [2.45, 2.75) is 19.4 Å². The highest BCUT2D eigenvalue weighted by atomic mass is 16.5. The number of rotatable bonds is 4. The number of anilines is 2. The Labute approximate surface area is 105 Å². The highest BCUT2D eigenvalue weighted by Gasteiger charge is 2.23. The van der Waals surface area contributed by atoms with Gasteiger partial charge in [0.15, 0.2) is 5.69 Å². The first kappa shape index (κ1) is 12.6. The van der Waals surface area contributed by atoms with Crippen LogP contribution in [0.3, 0.4) is 0 Å². The first-order valence-electron chi connectivity index (χ1n) is 5.92. The van der Waals surface area contributed by atoms with E-state index >= 15 is 0 Å². The zero-order valence-corrected chi connectivity index (χ0v) is 10.2. The lowest BCUT2D eigenvalue weighted by Gasteiger charge is -2.20. The third-order valence-corrected chi connectivity index (χ3v) is 3.18. The number of carboxylic acids is 1. The highest BCUT2D eigenvalue weighted by molar-refractivity contribution is 5.86. The Morgan fingerprint density at radius 3 is 3.06 bits per heavy atom. The first-order chi connectivity index (χ1) is 8.58. The number of pyridine rings is 1. The van der Waals surface area contributed by atoms with Crippen LogP contribution in [0.15, 0.2) is 12.1 Å². The maximum atomic E-state index is 10.9. The Morgan fingerprint density at radius 2 is 2.44 bits per heavy atom. The molecule has 0 aromatic carbocycles. The van der Waals surface area contributed by atoms with Crippen LogP contribution >= 0.6 is 0 Å². The molecule has 1 saturated heterocycles. The number of hydrogen-bond acceptors (Lipinski definition) is 5. The van der Waals surface area contributed by atoms with Crippen molar-refractivity contribution in [3.05, 3.63) is 17.8 Å². The Balaban J connectivity index is 2.12. The molecule has 4 N–H and O–H groups in total. The molecule has 1 aliphatic rings. The Hall–Kier alpha value is -1.82. The first-order valence-corrected chi connectivity index (χ1v) is 5.92. The number of aromatic carboxylic acids is 1. The fraction of sp³-hybridized carbons (Fsp3) is 0.500. The molecule has 6 nitrogen and oxygen atoms in total. The van der Waals surface area contributed by atoms with E-state index in [4.69, 9.17) is 15.6 Å². The normalized spacial score (nSPS) is 20.6. The predicted molar refractivity (Wildman–Crippen MR) is 67.6 cm³/mol. The monoisotopic (exact) mass is 251 g/mol. The second-order valence-electron chi connectivity index (χ2n) is 4.50. The number of aromatic nitrogens is 1. The maximum Gasteiger partial charge on any atom is 0.354 e. The van der Waals surface area contributed by atoms with Crippen LogP contribution in [0.5, 0.6) is 0 Å². The fourth-order valence-electron chi connectivity index (χ4n) is 1.99. The van der Waals surface area contributed by atoms with E-state index in [2.05, 4.69) is 10.3 Å². The molecule has 0 radical (unpaired) electrons. The lowest BCUT2D eigenvalue weighted by molar-refractivity contribution is 0.0690. The molecule has 0 aliphatic carbocycles. The van der Waals surface area contributed by atoms with Gasteiger partial charge in [0, 0.05) is 18.6 Å². The van der Waals surface area contributed by atoms with E-state index in [9.17, 15) is 4.79 Å². The molecule has 2 heterocycles. The van der Waals surface area contributed by atoms with E-state index in [1.165, 1.54) is 6.07 Å². The van der Waals surface area contributed by atoms with Gasteiger partial charge < -0.3 is 20.9 Å². The summed E-state index contributed by atoms with van der Waals surface area (Å²) in [5, 5.41) is 12.1. The molecule has 1 fully saturated rings. The smallest absolute Gasteiger partial charge is 0.354 e. The molecular formula is C12H17N3O3. The van der Waals surface area contributed by atoms with Crippen LogP contribution in [-0.2, 0) is 4.74 Å². The molecule has 0 bridgehead atoms. The van der Waals surface area contributed by atoms with E-state index in [1.54, 1.807) is 6.07 Å². The molecule has 0 amide bonds. The Kier molecular flexibility index (Phi) is 3.66. The Morgan fingerprint density at radius 1 is 1.67 bits per heavy atom. The van der Waals surface area contributed by atoms with Gasteiger partial charge in [-0.05, 0) is 25.5 Å². The topological polar surface area (TPSA) is 97.5 Å². The minimum Gasteiger partial charge on any atom is -0.477 e. The van der Waals surface area contributed by atoms with E-state index in [0.717, 1.165) is 13.0 Å². The molecule has 1 aromatic heterocycles. The molecule has 0 saturated carbocycles. The summed E-state index contributed by atoms with van der Waals surface area (Å²) in [6.07, 6.45) is 0.993. The summed E-state index contributed by atoms with van der Waals surface area (Å²) < 4.78 is 5.32. The molecule has 2 atom stereocenters. The van der Waals surface area contributed by atoms with E-state index in [-0.39, 0.29) is 11.7 Å². The average molecular weight is 251 g/mol. The molecule has 1 aromatic rings. The Bertz CT molecular complexity index is 444. The molecule has 6 heteroatoms. The van der Waals surface area contributed by atoms with Crippen LogP contribution in [0.4, 0.5) is 11.5 Å². The minimum atomic E-state index is -1.06. The van der Waals surface area contributed by atoms with Gasteiger partial charge in [-0.25, -0.2) is 9.78 Å². The number of hydrogen-bond donors (Lipinski definition) is 3. The summed E-state index contributed by atoms with van der Waals surface area (Å²) in [4.78, 5) is 14.9. The van der Waals surface area contributed by atoms with Crippen molar-refractivity contribution >= 4 is 17.5 Å². The van der Waals surface area contributed by atoms with Crippen molar-refractivity contribution in [3.8, 4) is 0 Å². The van der Waals surface area contributed by atoms with Crippen LogP contribution in [0.25, 0.3) is 0 Å². The maximum absolute atomic E-state index is 10.9. The number of nitrogens with one attached hydrogen (secondary N) is 1. The second-order valence-corrected chi connectivity index (χ2v) is 4.50. The third kappa shape index (κ3) is 2.70. The van der Waals surface area contributed by atoms with E-state index in [1.807, 2.05) is 6.92 Å². The van der Waals surface area contributed by atoms with Gasteiger partial charge in [-0.2, -0.15) is 0 Å². The van der Waals surface area contributed by atoms with Crippen molar-refractivity contribution in [2.75, 3.05) is 24.3 Å². The number of carboxylic acid groups (broad SMARTS) is 1. The largest absolute Gasteiger partial charge is 0.477 e. The van der Waals surface area contributed by atoms with Crippen LogP contribution < -0.4 is 11.1 Å². The lowest BCUT2D eigenvalue weighted by atomic mass is 10.0. The van der Waals surface area contributed by atoms with Gasteiger partial charge in [0.25, 0.3) is 0 Å². The van der Waals surface area contributed by atoms with Gasteiger partial charge in [0.1, 0.15) is 5.82 Å². The molecule has 1 aliphatic heterocycles. The van der Waals surface area contributed by atoms with Gasteiger partial charge in [0.2, 0.25) is 0 Å². The van der Waals surface area contributed by atoms with Crippen molar-refractivity contribution in [2.24, 2.45) is 5.92 Å². The summed E-state index contributed by atoms with van der Waals surface area (Å²) in [7, 11) is 0. The van der Waals surface area contributed by atoms with E-state index in [0.29, 0.717) is 24.0 Å².